The summed E-state index contributed by atoms with van der Waals surface area (Å²) in [6, 6.07) is 9.87. The van der Waals surface area contributed by atoms with E-state index in [0.29, 0.717) is 6.42 Å². The minimum absolute atomic E-state index is 0.626. The van der Waals surface area contributed by atoms with Gasteiger partial charge in [-0.2, -0.15) is 0 Å². The zero-order valence-electron chi connectivity index (χ0n) is 5.09. The van der Waals surface area contributed by atoms with Crippen molar-refractivity contribution >= 4 is 0 Å². The zero-order chi connectivity index (χ0) is 6.53. The van der Waals surface area contributed by atoms with E-state index in [2.05, 4.69) is 5.92 Å². The SMILES string of the molecule is [C]#CCc1ccccc1. The largest absolute Gasteiger partial charge is 0.0843 e. The highest BCUT2D eigenvalue weighted by molar-refractivity contribution is 5.18. The smallest absolute Gasteiger partial charge is 0.0350 e. The maximum Gasteiger partial charge on any atom is 0.0350 e. The van der Waals surface area contributed by atoms with E-state index in [4.69, 9.17) is 6.42 Å². The van der Waals surface area contributed by atoms with Gasteiger partial charge < -0.3 is 0 Å². The van der Waals surface area contributed by atoms with Crippen LogP contribution in [0.5, 0.6) is 0 Å². The average Bonchev–Trinajstić information content (AvgIpc) is 1.91. The molecule has 0 heteroatoms. The summed E-state index contributed by atoms with van der Waals surface area (Å²) in [7, 11) is 0. The highest BCUT2D eigenvalue weighted by Gasteiger charge is 1.82. The molecule has 1 rings (SSSR count). The van der Waals surface area contributed by atoms with Crippen molar-refractivity contribution in [2.75, 3.05) is 0 Å². The van der Waals surface area contributed by atoms with Crippen LogP contribution >= 0.6 is 0 Å². The second-order valence-corrected chi connectivity index (χ2v) is 1.84. The lowest BCUT2D eigenvalue weighted by molar-refractivity contribution is 1.32. The van der Waals surface area contributed by atoms with Gasteiger partial charge in [-0.25, -0.2) is 0 Å². The number of hydrogen-bond acceptors (Lipinski definition) is 0. The molecule has 0 nitrogen and oxygen atoms in total. The molecule has 0 fully saturated rings. The number of hydrogen-bond donors (Lipinski definition) is 0. The molecule has 1 aromatic carbocycles. The van der Waals surface area contributed by atoms with Crippen LogP contribution in [0.25, 0.3) is 0 Å². The van der Waals surface area contributed by atoms with Crippen LogP contribution in [0.15, 0.2) is 30.3 Å². The third-order valence-corrected chi connectivity index (χ3v) is 1.14. The molecule has 9 heavy (non-hydrogen) atoms. The highest BCUT2D eigenvalue weighted by Crippen LogP contribution is 1.96. The molecule has 0 aliphatic heterocycles. The molecular formula is C9H7. The first-order valence-corrected chi connectivity index (χ1v) is 2.87. The van der Waals surface area contributed by atoms with E-state index in [9.17, 15) is 0 Å². The molecule has 0 saturated carbocycles. The maximum atomic E-state index is 6.69. The Hall–Kier alpha value is -1.22. The van der Waals surface area contributed by atoms with Gasteiger partial charge in [0.05, 0.1) is 0 Å². The summed E-state index contributed by atoms with van der Waals surface area (Å²) in [6.45, 7) is 0. The number of benzene rings is 1. The second-order valence-electron chi connectivity index (χ2n) is 1.84. The third-order valence-electron chi connectivity index (χ3n) is 1.14. The van der Waals surface area contributed by atoms with Crippen LogP contribution in [0.3, 0.4) is 0 Å². The minimum atomic E-state index is 0.626. The molecule has 0 saturated heterocycles. The van der Waals surface area contributed by atoms with Crippen molar-refractivity contribution < 1.29 is 0 Å². The van der Waals surface area contributed by atoms with Crippen molar-refractivity contribution in [2.24, 2.45) is 0 Å². The van der Waals surface area contributed by atoms with Crippen molar-refractivity contribution in [3.8, 4) is 5.92 Å². The molecular weight excluding hydrogens is 108 g/mol. The van der Waals surface area contributed by atoms with E-state index >= 15 is 0 Å². The molecule has 0 unspecified atom stereocenters. The first-order chi connectivity index (χ1) is 4.43. The van der Waals surface area contributed by atoms with Crippen molar-refractivity contribution in [2.45, 2.75) is 6.42 Å². The third kappa shape index (κ3) is 1.62. The Kier molecular flexibility index (Phi) is 1.93. The lowest BCUT2D eigenvalue weighted by atomic mass is 10.2. The molecule has 1 radical (unpaired) electrons. The van der Waals surface area contributed by atoms with Crippen LogP contribution in [-0.2, 0) is 6.42 Å². The van der Waals surface area contributed by atoms with Crippen LogP contribution in [0, 0.1) is 12.3 Å². The van der Waals surface area contributed by atoms with Gasteiger partial charge in [0.15, 0.2) is 0 Å². The van der Waals surface area contributed by atoms with E-state index in [0.717, 1.165) is 5.56 Å². The van der Waals surface area contributed by atoms with E-state index in [1.807, 2.05) is 30.3 Å². The van der Waals surface area contributed by atoms with Gasteiger partial charge in [-0.1, -0.05) is 36.3 Å². The van der Waals surface area contributed by atoms with Gasteiger partial charge in [0.25, 0.3) is 0 Å². The standard InChI is InChI=1S/C9H7/c1-2-6-9-7-4-3-5-8-9/h3-5,7-8H,6H2. The summed E-state index contributed by atoms with van der Waals surface area (Å²) in [5, 5.41) is 0. The van der Waals surface area contributed by atoms with Crippen LogP contribution in [-0.4, -0.2) is 0 Å². The van der Waals surface area contributed by atoms with Crippen molar-refractivity contribution in [1.29, 1.82) is 0 Å². The van der Waals surface area contributed by atoms with E-state index in [1.54, 1.807) is 0 Å². The average molecular weight is 115 g/mol. The molecule has 1 aromatic rings. The Labute approximate surface area is 55.5 Å². The minimum Gasteiger partial charge on any atom is -0.0843 e. The van der Waals surface area contributed by atoms with Gasteiger partial charge in [-0.15, -0.1) is 0 Å². The van der Waals surface area contributed by atoms with E-state index < -0.39 is 0 Å². The van der Waals surface area contributed by atoms with Crippen molar-refractivity contribution in [3.05, 3.63) is 42.3 Å². The van der Waals surface area contributed by atoms with Gasteiger partial charge in [0, 0.05) is 6.42 Å². The molecule has 0 spiro atoms. The van der Waals surface area contributed by atoms with Gasteiger partial charge >= 0.3 is 0 Å². The topological polar surface area (TPSA) is 0 Å². The summed E-state index contributed by atoms with van der Waals surface area (Å²) < 4.78 is 0. The fourth-order valence-electron chi connectivity index (χ4n) is 0.698. The summed E-state index contributed by atoms with van der Waals surface area (Å²) in [5.41, 5.74) is 1.15. The quantitative estimate of drug-likeness (QED) is 0.490. The predicted molar refractivity (Wildman–Crippen MR) is 37.3 cm³/mol. The predicted octanol–water partition coefficient (Wildman–Crippen LogP) is 1.82. The fraction of sp³-hybridized carbons (Fsp3) is 0.111. The van der Waals surface area contributed by atoms with E-state index in [1.165, 1.54) is 0 Å². The van der Waals surface area contributed by atoms with Crippen molar-refractivity contribution in [1.82, 2.24) is 0 Å². The van der Waals surface area contributed by atoms with Crippen LogP contribution in [0.1, 0.15) is 5.56 Å². The molecule has 0 atom stereocenters. The summed E-state index contributed by atoms with van der Waals surface area (Å²) in [5.74, 6) is 2.33. The van der Waals surface area contributed by atoms with E-state index in [-0.39, 0.29) is 0 Å². The molecule has 43 valence electrons. The maximum absolute atomic E-state index is 6.69. The van der Waals surface area contributed by atoms with Crippen LogP contribution in [0.2, 0.25) is 0 Å². The molecule has 0 bridgehead atoms. The molecule has 0 heterocycles. The molecule has 0 aliphatic carbocycles. The van der Waals surface area contributed by atoms with Crippen LogP contribution < -0.4 is 0 Å². The van der Waals surface area contributed by atoms with Gasteiger partial charge in [0.2, 0.25) is 0 Å². The summed E-state index contributed by atoms with van der Waals surface area (Å²) >= 11 is 0. The van der Waals surface area contributed by atoms with Gasteiger partial charge in [-0.05, 0) is 12.0 Å². The molecule has 0 aromatic heterocycles. The molecule has 0 amide bonds. The summed E-state index contributed by atoms with van der Waals surface area (Å²) in [4.78, 5) is 0. The Morgan fingerprint density at radius 1 is 1.22 bits per heavy atom. The van der Waals surface area contributed by atoms with Gasteiger partial charge in [0.1, 0.15) is 0 Å². The lowest BCUT2D eigenvalue weighted by Gasteiger charge is -1.89. The Morgan fingerprint density at radius 2 is 1.89 bits per heavy atom. The Bertz CT molecular complexity index is 203. The zero-order valence-corrected chi connectivity index (χ0v) is 5.09. The van der Waals surface area contributed by atoms with Crippen molar-refractivity contribution in [3.63, 3.8) is 0 Å². The first-order valence-electron chi connectivity index (χ1n) is 2.87. The Balaban J connectivity index is 2.76. The molecule has 0 N–H and O–H groups in total. The number of rotatable bonds is 1. The second kappa shape index (κ2) is 2.94. The van der Waals surface area contributed by atoms with Gasteiger partial charge in [-0.3, -0.25) is 0 Å². The first kappa shape index (κ1) is 5.91. The highest BCUT2D eigenvalue weighted by atomic mass is 13.9. The lowest BCUT2D eigenvalue weighted by Crippen LogP contribution is -1.76. The Morgan fingerprint density at radius 3 is 2.44 bits per heavy atom. The monoisotopic (exact) mass is 115 g/mol. The van der Waals surface area contributed by atoms with Crippen LogP contribution in [0.4, 0.5) is 0 Å². The molecule has 0 aliphatic rings. The summed E-state index contributed by atoms with van der Waals surface area (Å²) in [6.07, 6.45) is 7.32. The normalized spacial score (nSPS) is 8.33. The fourth-order valence-corrected chi connectivity index (χ4v) is 0.698.